The van der Waals surface area contributed by atoms with Crippen LogP contribution in [0.15, 0.2) is 65.2 Å². The molecule has 2 heterocycles. The number of benzene rings is 2. The van der Waals surface area contributed by atoms with Gasteiger partial charge in [0, 0.05) is 61.4 Å². The van der Waals surface area contributed by atoms with Crippen LogP contribution >= 0.6 is 11.6 Å². The molecule has 28 heavy (non-hydrogen) atoms. The lowest BCUT2D eigenvalue weighted by molar-refractivity contribution is -0.131. The molecule has 0 atom stereocenters. The summed E-state index contributed by atoms with van der Waals surface area (Å²) in [6.07, 6.45) is 1.00. The molecule has 0 bridgehead atoms. The van der Waals surface area contributed by atoms with Gasteiger partial charge in [-0.25, -0.2) is 0 Å². The molecule has 6 heteroatoms. The maximum atomic E-state index is 12.6. The van der Waals surface area contributed by atoms with Crippen molar-refractivity contribution in [3.05, 3.63) is 71.4 Å². The zero-order valence-corrected chi connectivity index (χ0v) is 16.3. The van der Waals surface area contributed by atoms with Crippen molar-refractivity contribution in [3.63, 3.8) is 0 Å². The second-order valence-electron chi connectivity index (χ2n) is 6.89. The summed E-state index contributed by atoms with van der Waals surface area (Å²) in [5.74, 6) is 0.903. The van der Waals surface area contributed by atoms with Crippen molar-refractivity contribution in [1.82, 2.24) is 10.1 Å². The van der Waals surface area contributed by atoms with Crippen molar-refractivity contribution >= 4 is 23.2 Å². The zero-order valence-electron chi connectivity index (χ0n) is 15.6. The summed E-state index contributed by atoms with van der Waals surface area (Å²) >= 11 is 5.95. The highest BCUT2D eigenvalue weighted by Crippen LogP contribution is 2.21. The van der Waals surface area contributed by atoms with Gasteiger partial charge in [-0.15, -0.1) is 0 Å². The van der Waals surface area contributed by atoms with E-state index in [1.54, 1.807) is 0 Å². The lowest BCUT2D eigenvalue weighted by Gasteiger charge is -2.36. The van der Waals surface area contributed by atoms with Crippen molar-refractivity contribution in [3.8, 4) is 11.3 Å². The fraction of sp³-hybridized carbons (Fsp3) is 0.273. The van der Waals surface area contributed by atoms with E-state index in [2.05, 4.69) is 10.1 Å². The average molecular weight is 396 g/mol. The van der Waals surface area contributed by atoms with Gasteiger partial charge in [0.1, 0.15) is 11.5 Å². The van der Waals surface area contributed by atoms with Gasteiger partial charge >= 0.3 is 0 Å². The third-order valence-corrected chi connectivity index (χ3v) is 5.29. The van der Waals surface area contributed by atoms with Crippen LogP contribution in [0.5, 0.6) is 0 Å². The van der Waals surface area contributed by atoms with E-state index in [9.17, 15) is 4.79 Å². The minimum Gasteiger partial charge on any atom is -0.368 e. The van der Waals surface area contributed by atoms with E-state index in [1.807, 2.05) is 65.6 Å². The van der Waals surface area contributed by atoms with Crippen LogP contribution in [0.25, 0.3) is 11.3 Å². The first-order valence-corrected chi connectivity index (χ1v) is 9.86. The minimum absolute atomic E-state index is 0.161. The Kier molecular flexibility index (Phi) is 5.63. The molecule has 0 unspecified atom stereocenters. The Morgan fingerprint density at radius 2 is 1.71 bits per heavy atom. The highest BCUT2D eigenvalue weighted by Gasteiger charge is 2.21. The van der Waals surface area contributed by atoms with Gasteiger partial charge in [0.05, 0.1) is 0 Å². The van der Waals surface area contributed by atoms with Gasteiger partial charge in [0.2, 0.25) is 5.91 Å². The molecule has 5 nitrogen and oxygen atoms in total. The van der Waals surface area contributed by atoms with Crippen LogP contribution in [-0.4, -0.2) is 42.1 Å². The lowest BCUT2D eigenvalue weighted by Crippen LogP contribution is -2.48. The average Bonchev–Trinajstić information content (AvgIpc) is 3.22. The number of piperazine rings is 1. The number of anilines is 1. The number of carbonyl (C=O) groups is 1. The van der Waals surface area contributed by atoms with Crippen molar-refractivity contribution in [2.24, 2.45) is 0 Å². The summed E-state index contributed by atoms with van der Waals surface area (Å²) < 4.78 is 5.40. The van der Waals surface area contributed by atoms with Crippen LogP contribution in [0, 0.1) is 0 Å². The molecule has 1 amide bonds. The molecular formula is C22H22ClN3O2. The summed E-state index contributed by atoms with van der Waals surface area (Å²) in [7, 11) is 0. The van der Waals surface area contributed by atoms with E-state index in [1.165, 1.54) is 0 Å². The summed E-state index contributed by atoms with van der Waals surface area (Å²) in [6, 6.07) is 19.7. The third kappa shape index (κ3) is 4.37. The van der Waals surface area contributed by atoms with E-state index < -0.39 is 0 Å². The van der Waals surface area contributed by atoms with Crippen molar-refractivity contribution in [1.29, 1.82) is 0 Å². The number of hydrogen-bond acceptors (Lipinski definition) is 4. The van der Waals surface area contributed by atoms with Crippen molar-refractivity contribution in [2.75, 3.05) is 31.1 Å². The fourth-order valence-electron chi connectivity index (χ4n) is 3.43. The Morgan fingerprint density at radius 1 is 1.00 bits per heavy atom. The summed E-state index contributed by atoms with van der Waals surface area (Å²) in [4.78, 5) is 16.8. The van der Waals surface area contributed by atoms with E-state index in [0.717, 1.165) is 53.9 Å². The number of rotatable bonds is 5. The molecule has 3 aromatic rings. The third-order valence-electron chi connectivity index (χ3n) is 5.04. The van der Waals surface area contributed by atoms with Crippen LogP contribution in [0.4, 0.5) is 5.69 Å². The van der Waals surface area contributed by atoms with E-state index >= 15 is 0 Å². The second-order valence-corrected chi connectivity index (χ2v) is 7.33. The molecule has 0 N–H and O–H groups in total. The molecule has 1 aliphatic heterocycles. The minimum atomic E-state index is 0.161. The Balaban J connectivity index is 1.27. The van der Waals surface area contributed by atoms with Gasteiger partial charge in [-0.2, -0.15) is 0 Å². The smallest absolute Gasteiger partial charge is 0.223 e. The van der Waals surface area contributed by atoms with Gasteiger partial charge in [-0.3, -0.25) is 4.79 Å². The van der Waals surface area contributed by atoms with E-state index in [-0.39, 0.29) is 5.91 Å². The normalized spacial score (nSPS) is 14.3. The molecule has 1 aromatic heterocycles. The maximum Gasteiger partial charge on any atom is 0.223 e. The number of hydrogen-bond donors (Lipinski definition) is 0. The molecule has 144 valence electrons. The first-order chi connectivity index (χ1) is 13.7. The Labute approximate surface area is 169 Å². The Bertz CT molecular complexity index is 916. The highest BCUT2D eigenvalue weighted by molar-refractivity contribution is 6.30. The van der Waals surface area contributed by atoms with E-state index in [0.29, 0.717) is 12.8 Å². The topological polar surface area (TPSA) is 49.6 Å². The first-order valence-electron chi connectivity index (χ1n) is 9.48. The van der Waals surface area contributed by atoms with Gasteiger partial charge in [0.15, 0.2) is 0 Å². The quantitative estimate of drug-likeness (QED) is 0.647. The van der Waals surface area contributed by atoms with Gasteiger partial charge in [-0.1, -0.05) is 47.1 Å². The molecule has 1 saturated heterocycles. The molecule has 0 saturated carbocycles. The largest absolute Gasteiger partial charge is 0.368 e. The van der Waals surface area contributed by atoms with Crippen LogP contribution in [0.3, 0.4) is 0 Å². The summed E-state index contributed by atoms with van der Waals surface area (Å²) in [6.45, 7) is 3.11. The number of carbonyl (C=O) groups excluding carboxylic acids is 1. The molecule has 2 aromatic carbocycles. The van der Waals surface area contributed by atoms with Crippen molar-refractivity contribution < 1.29 is 9.32 Å². The van der Waals surface area contributed by atoms with Gasteiger partial charge < -0.3 is 14.3 Å². The molecule has 0 spiro atoms. The number of nitrogens with zero attached hydrogens (tertiary/aromatic N) is 3. The number of halogens is 1. The number of aromatic nitrogens is 1. The highest BCUT2D eigenvalue weighted by atomic mass is 35.5. The first kappa shape index (κ1) is 18.6. The molecule has 4 rings (SSSR count). The molecule has 1 fully saturated rings. The molecular weight excluding hydrogens is 374 g/mol. The molecule has 1 aliphatic rings. The molecule has 0 radical (unpaired) electrons. The monoisotopic (exact) mass is 395 g/mol. The SMILES string of the molecule is O=C(CCc1cc(-c2ccccc2)no1)N1CCN(c2ccc(Cl)cc2)CC1. The van der Waals surface area contributed by atoms with Crippen LogP contribution in [0.1, 0.15) is 12.2 Å². The van der Waals surface area contributed by atoms with Crippen LogP contribution in [0.2, 0.25) is 5.02 Å². The van der Waals surface area contributed by atoms with Crippen LogP contribution in [-0.2, 0) is 11.2 Å². The van der Waals surface area contributed by atoms with Gasteiger partial charge in [0.25, 0.3) is 0 Å². The second kappa shape index (κ2) is 8.48. The Hall–Kier alpha value is -2.79. The van der Waals surface area contributed by atoms with Crippen molar-refractivity contribution in [2.45, 2.75) is 12.8 Å². The molecule has 0 aliphatic carbocycles. The fourth-order valence-corrected chi connectivity index (χ4v) is 3.56. The summed E-state index contributed by atoms with van der Waals surface area (Å²) in [5.41, 5.74) is 2.97. The predicted octanol–water partition coefficient (Wildman–Crippen LogP) is 4.28. The van der Waals surface area contributed by atoms with Gasteiger partial charge in [-0.05, 0) is 24.3 Å². The number of amides is 1. The van der Waals surface area contributed by atoms with E-state index in [4.69, 9.17) is 16.1 Å². The Morgan fingerprint density at radius 3 is 2.43 bits per heavy atom. The number of aryl methyl sites for hydroxylation is 1. The predicted molar refractivity (Wildman–Crippen MR) is 111 cm³/mol. The maximum absolute atomic E-state index is 12.6. The standard InChI is InChI=1S/C22H22ClN3O2/c23-18-6-8-19(9-7-18)25-12-14-26(15-13-25)22(27)11-10-20-16-21(24-28-20)17-4-2-1-3-5-17/h1-9,16H,10-15H2. The van der Waals surface area contributed by atoms with Crippen LogP contribution < -0.4 is 4.90 Å². The summed E-state index contributed by atoms with van der Waals surface area (Å²) in [5, 5.41) is 4.85. The lowest BCUT2D eigenvalue weighted by atomic mass is 10.1. The zero-order chi connectivity index (χ0) is 19.3.